The lowest BCUT2D eigenvalue weighted by molar-refractivity contribution is -0.289. The van der Waals surface area contributed by atoms with Crippen LogP contribution in [-0.4, -0.2) is 35.6 Å². The molecule has 3 unspecified atom stereocenters. The molecule has 31 heavy (non-hydrogen) atoms. The van der Waals surface area contributed by atoms with Gasteiger partial charge in [-0.2, -0.15) is 35.1 Å². The number of halogens is 8. The number of aliphatic hydroxyl groups excluding tert-OH is 1. The average molecular weight is 461 g/mol. The Morgan fingerprint density at radius 3 is 2.10 bits per heavy atom. The molecule has 0 amide bonds. The monoisotopic (exact) mass is 461 g/mol. The molecule has 178 valence electrons. The molecule has 0 radical (unpaired) electrons. The van der Waals surface area contributed by atoms with E-state index in [0.717, 1.165) is 25.0 Å². The molecule has 0 heterocycles. The van der Waals surface area contributed by atoms with Crippen molar-refractivity contribution in [3.63, 3.8) is 0 Å². The number of rotatable bonds is 7. The second-order valence-corrected chi connectivity index (χ2v) is 8.76. The van der Waals surface area contributed by atoms with E-state index in [2.05, 4.69) is 5.32 Å². The van der Waals surface area contributed by atoms with Gasteiger partial charge in [0.05, 0.1) is 0 Å². The predicted molar refractivity (Wildman–Crippen MR) is 99.7 cm³/mol. The fraction of sp³-hybridized carbons (Fsp3) is 0.714. The zero-order valence-corrected chi connectivity index (χ0v) is 17.3. The number of alkyl halides is 8. The summed E-state index contributed by atoms with van der Waals surface area (Å²) in [5.74, 6) is -4.52. The molecule has 2 nitrogen and oxygen atoms in total. The fourth-order valence-corrected chi connectivity index (χ4v) is 4.18. The average Bonchev–Trinajstić information content (AvgIpc) is 2.65. The second kappa shape index (κ2) is 9.21. The maximum atomic E-state index is 13.5. The van der Waals surface area contributed by atoms with Crippen LogP contribution >= 0.6 is 0 Å². The van der Waals surface area contributed by atoms with Crippen LogP contribution in [0.2, 0.25) is 0 Å². The smallest absolute Gasteiger partial charge is 0.382 e. The van der Waals surface area contributed by atoms with Gasteiger partial charge in [0.15, 0.2) is 6.10 Å². The highest BCUT2D eigenvalue weighted by Crippen LogP contribution is 2.44. The van der Waals surface area contributed by atoms with Gasteiger partial charge in [0.25, 0.3) is 0 Å². The number of β-amino-alcohol motifs (C(OH)–C–C–N with tert-alkyl or cyclic N) is 1. The molecule has 3 atom stereocenters. The summed E-state index contributed by atoms with van der Waals surface area (Å²) in [7, 11) is 0. The lowest BCUT2D eigenvalue weighted by Gasteiger charge is -2.44. The summed E-state index contributed by atoms with van der Waals surface area (Å²) in [6, 6.07) is 3.70. The lowest BCUT2D eigenvalue weighted by atomic mass is 9.69. The molecule has 1 aromatic rings. The van der Waals surface area contributed by atoms with E-state index in [0.29, 0.717) is 30.5 Å². The van der Waals surface area contributed by atoms with E-state index in [1.807, 2.05) is 13.8 Å². The van der Waals surface area contributed by atoms with E-state index in [-0.39, 0.29) is 18.3 Å². The van der Waals surface area contributed by atoms with E-state index in [9.17, 15) is 40.2 Å². The maximum Gasteiger partial charge on any atom is 0.458 e. The summed E-state index contributed by atoms with van der Waals surface area (Å²) in [6.07, 6.45) is -10.3. The van der Waals surface area contributed by atoms with Gasteiger partial charge in [-0.25, -0.2) is 0 Å². The third kappa shape index (κ3) is 6.31. The molecule has 1 fully saturated rings. The lowest BCUT2D eigenvalue weighted by Crippen LogP contribution is -2.54. The van der Waals surface area contributed by atoms with Crippen molar-refractivity contribution in [2.75, 3.05) is 6.54 Å². The molecule has 0 spiro atoms. The first-order chi connectivity index (χ1) is 14.1. The quantitative estimate of drug-likeness (QED) is 0.490. The third-order valence-electron chi connectivity index (χ3n) is 6.09. The van der Waals surface area contributed by atoms with Crippen molar-refractivity contribution in [2.24, 2.45) is 11.8 Å². The van der Waals surface area contributed by atoms with Crippen LogP contribution in [0.3, 0.4) is 0 Å². The minimum atomic E-state index is -5.72. The molecule has 0 saturated heterocycles. The Labute approximate surface area is 176 Å². The Kier molecular flexibility index (Phi) is 7.68. The van der Waals surface area contributed by atoms with Gasteiger partial charge in [0.2, 0.25) is 0 Å². The highest BCUT2D eigenvalue weighted by atomic mass is 19.4. The van der Waals surface area contributed by atoms with Gasteiger partial charge in [-0.1, -0.05) is 51.0 Å². The Balaban J connectivity index is 2.25. The van der Waals surface area contributed by atoms with Crippen LogP contribution in [0.25, 0.3) is 0 Å². The van der Waals surface area contributed by atoms with Crippen molar-refractivity contribution in [1.29, 1.82) is 0 Å². The number of benzene rings is 1. The maximum absolute atomic E-state index is 13.5. The van der Waals surface area contributed by atoms with E-state index in [1.165, 1.54) is 0 Å². The van der Waals surface area contributed by atoms with Gasteiger partial charge in [0.1, 0.15) is 0 Å². The minimum absolute atomic E-state index is 0.151. The first-order valence-electron chi connectivity index (χ1n) is 10.1. The molecule has 1 aliphatic carbocycles. The van der Waals surface area contributed by atoms with Crippen LogP contribution < -0.4 is 5.32 Å². The summed E-state index contributed by atoms with van der Waals surface area (Å²) in [4.78, 5) is 0. The largest absolute Gasteiger partial charge is 0.458 e. The fourth-order valence-electron chi connectivity index (χ4n) is 4.18. The molecule has 1 saturated carbocycles. The van der Waals surface area contributed by atoms with Crippen molar-refractivity contribution >= 4 is 0 Å². The van der Waals surface area contributed by atoms with Crippen molar-refractivity contribution < 1.29 is 40.2 Å². The van der Waals surface area contributed by atoms with Crippen molar-refractivity contribution in [3.8, 4) is 0 Å². The standard InChI is InChI=1S/C21H27F8NO/c1-13(2)15-4-3-9-18(11-15,30-12-17(31)20(24,25)26)10-14-5-7-16(8-6-14)19(22,23)21(27,28)29/h5-8,13,15,17,30-31H,3-4,9-12H2,1-2H3. The van der Waals surface area contributed by atoms with Crippen LogP contribution in [0.5, 0.6) is 0 Å². The summed E-state index contributed by atoms with van der Waals surface area (Å²) in [6.45, 7) is 3.27. The van der Waals surface area contributed by atoms with E-state index in [1.54, 1.807) is 0 Å². The molecule has 0 aliphatic heterocycles. The molecule has 1 aromatic carbocycles. The van der Waals surface area contributed by atoms with Crippen LogP contribution in [0.15, 0.2) is 24.3 Å². The predicted octanol–water partition coefficient (Wildman–Crippen LogP) is 5.98. The van der Waals surface area contributed by atoms with Crippen molar-refractivity contribution in [1.82, 2.24) is 5.32 Å². The topological polar surface area (TPSA) is 32.3 Å². The van der Waals surface area contributed by atoms with Gasteiger partial charge in [-0.3, -0.25) is 0 Å². The number of hydrogen-bond donors (Lipinski definition) is 2. The summed E-state index contributed by atoms with van der Waals surface area (Å²) in [5, 5.41) is 12.2. The van der Waals surface area contributed by atoms with E-state index >= 15 is 0 Å². The van der Waals surface area contributed by atoms with Gasteiger partial charge in [-0.15, -0.1) is 0 Å². The molecule has 10 heteroatoms. The summed E-state index contributed by atoms with van der Waals surface area (Å²) >= 11 is 0. The third-order valence-corrected chi connectivity index (χ3v) is 6.09. The van der Waals surface area contributed by atoms with Crippen LogP contribution in [0.1, 0.15) is 50.7 Å². The molecular formula is C21H27F8NO. The number of aliphatic hydroxyl groups is 1. The molecule has 1 aliphatic rings. The Morgan fingerprint density at radius 2 is 1.61 bits per heavy atom. The van der Waals surface area contributed by atoms with E-state index in [4.69, 9.17) is 0 Å². The molecule has 0 bridgehead atoms. The first kappa shape index (κ1) is 25.8. The zero-order chi connectivity index (χ0) is 23.7. The molecular weight excluding hydrogens is 434 g/mol. The molecule has 2 rings (SSSR count). The highest BCUT2D eigenvalue weighted by Gasteiger charge is 2.58. The minimum Gasteiger partial charge on any atom is -0.382 e. The van der Waals surface area contributed by atoms with Crippen molar-refractivity contribution in [2.45, 2.75) is 75.9 Å². The number of hydrogen-bond acceptors (Lipinski definition) is 2. The Bertz CT molecular complexity index is 714. The number of nitrogens with one attached hydrogen (secondary N) is 1. The van der Waals surface area contributed by atoms with Crippen LogP contribution in [0, 0.1) is 11.8 Å². The van der Waals surface area contributed by atoms with Gasteiger partial charge < -0.3 is 10.4 Å². The molecule has 0 aromatic heterocycles. The normalized spacial score (nSPS) is 24.5. The SMILES string of the molecule is CC(C)C1CCCC(Cc2ccc(C(F)(F)C(F)(F)F)cc2)(NCC(O)C(F)(F)F)C1. The van der Waals surface area contributed by atoms with Crippen LogP contribution in [-0.2, 0) is 12.3 Å². The Morgan fingerprint density at radius 1 is 1.03 bits per heavy atom. The summed E-state index contributed by atoms with van der Waals surface area (Å²) in [5.41, 5.74) is -1.59. The van der Waals surface area contributed by atoms with Crippen molar-refractivity contribution in [3.05, 3.63) is 35.4 Å². The van der Waals surface area contributed by atoms with Gasteiger partial charge >= 0.3 is 18.3 Å². The first-order valence-corrected chi connectivity index (χ1v) is 10.1. The van der Waals surface area contributed by atoms with E-state index < -0.39 is 42.0 Å². The van der Waals surface area contributed by atoms with Gasteiger partial charge in [-0.05, 0) is 36.7 Å². The highest BCUT2D eigenvalue weighted by molar-refractivity contribution is 5.28. The van der Waals surface area contributed by atoms with Gasteiger partial charge in [0, 0.05) is 17.6 Å². The van der Waals surface area contributed by atoms with Crippen LogP contribution in [0.4, 0.5) is 35.1 Å². The second-order valence-electron chi connectivity index (χ2n) is 8.76. The Hall–Kier alpha value is -1.42. The summed E-state index contributed by atoms with van der Waals surface area (Å²) < 4.78 is 103. The molecule has 2 N–H and O–H groups in total. The zero-order valence-electron chi connectivity index (χ0n) is 17.3.